The molecule has 0 aromatic carbocycles. The van der Waals surface area contributed by atoms with Crippen LogP contribution in [0, 0.1) is 0 Å². The molecule has 0 saturated carbocycles. The van der Waals surface area contributed by atoms with Gasteiger partial charge in [0, 0.05) is 45.8 Å². The zero-order valence-corrected chi connectivity index (χ0v) is 14.3. The van der Waals surface area contributed by atoms with Gasteiger partial charge in [-0.3, -0.25) is 9.80 Å². The zero-order valence-electron chi connectivity index (χ0n) is 13.5. The second kappa shape index (κ2) is 8.63. The molecule has 120 valence electrons. The van der Waals surface area contributed by atoms with Crippen molar-refractivity contribution >= 4 is 16.5 Å². The van der Waals surface area contributed by atoms with E-state index in [4.69, 9.17) is 0 Å². The molecule has 0 atom stereocenters. The molecule has 1 N–H and O–H groups in total. The SMILES string of the molecule is CCCNc1nnc(CN2CCN(CCN(C)C)CC2)s1. The zero-order chi connectivity index (χ0) is 15.1. The lowest BCUT2D eigenvalue weighted by Gasteiger charge is -2.34. The summed E-state index contributed by atoms with van der Waals surface area (Å²) < 4.78 is 0. The van der Waals surface area contributed by atoms with Crippen molar-refractivity contribution in [3.8, 4) is 0 Å². The normalized spacial score (nSPS) is 17.5. The van der Waals surface area contributed by atoms with Gasteiger partial charge in [0.05, 0.1) is 6.54 Å². The van der Waals surface area contributed by atoms with Crippen molar-refractivity contribution in [2.75, 3.05) is 65.2 Å². The maximum atomic E-state index is 4.29. The molecule has 0 amide bonds. The van der Waals surface area contributed by atoms with Gasteiger partial charge in [0.25, 0.3) is 0 Å². The van der Waals surface area contributed by atoms with Crippen molar-refractivity contribution in [2.24, 2.45) is 0 Å². The van der Waals surface area contributed by atoms with Crippen LogP contribution in [0.4, 0.5) is 5.13 Å². The van der Waals surface area contributed by atoms with Gasteiger partial charge >= 0.3 is 0 Å². The summed E-state index contributed by atoms with van der Waals surface area (Å²) in [5.74, 6) is 0. The third kappa shape index (κ3) is 5.86. The molecule has 6 nitrogen and oxygen atoms in total. The Morgan fingerprint density at radius 2 is 1.86 bits per heavy atom. The Morgan fingerprint density at radius 3 is 2.52 bits per heavy atom. The lowest BCUT2D eigenvalue weighted by Crippen LogP contribution is -2.47. The topological polar surface area (TPSA) is 47.5 Å². The summed E-state index contributed by atoms with van der Waals surface area (Å²) in [5.41, 5.74) is 0. The Morgan fingerprint density at radius 1 is 1.14 bits per heavy atom. The molecule has 1 aromatic heterocycles. The first-order chi connectivity index (χ1) is 10.2. The molecule has 21 heavy (non-hydrogen) atoms. The third-order valence-corrected chi connectivity index (χ3v) is 4.55. The molecule has 1 aromatic rings. The Hall–Kier alpha value is -0.760. The molecule has 1 aliphatic rings. The van der Waals surface area contributed by atoms with E-state index in [1.807, 2.05) is 0 Å². The summed E-state index contributed by atoms with van der Waals surface area (Å²) in [5, 5.41) is 13.9. The van der Waals surface area contributed by atoms with E-state index in [2.05, 4.69) is 51.2 Å². The highest BCUT2D eigenvalue weighted by molar-refractivity contribution is 7.15. The fraction of sp³-hybridized carbons (Fsp3) is 0.857. The summed E-state index contributed by atoms with van der Waals surface area (Å²) in [4.78, 5) is 7.28. The van der Waals surface area contributed by atoms with Crippen molar-refractivity contribution in [1.29, 1.82) is 0 Å². The molecule has 2 heterocycles. The van der Waals surface area contributed by atoms with Crippen LogP contribution < -0.4 is 5.32 Å². The van der Waals surface area contributed by atoms with Crippen LogP contribution in [-0.2, 0) is 6.54 Å². The number of hydrogen-bond donors (Lipinski definition) is 1. The number of hydrogen-bond acceptors (Lipinski definition) is 7. The van der Waals surface area contributed by atoms with Crippen LogP contribution in [0.15, 0.2) is 0 Å². The Labute approximate surface area is 132 Å². The Kier molecular flexibility index (Phi) is 6.82. The number of rotatable bonds is 8. The van der Waals surface area contributed by atoms with E-state index in [-0.39, 0.29) is 0 Å². The average Bonchev–Trinajstić information content (AvgIpc) is 2.92. The summed E-state index contributed by atoms with van der Waals surface area (Å²) in [7, 11) is 4.27. The van der Waals surface area contributed by atoms with Crippen molar-refractivity contribution in [2.45, 2.75) is 19.9 Å². The van der Waals surface area contributed by atoms with Crippen LogP contribution in [0.25, 0.3) is 0 Å². The van der Waals surface area contributed by atoms with Crippen LogP contribution in [0.3, 0.4) is 0 Å². The minimum atomic E-state index is 0.937. The van der Waals surface area contributed by atoms with Gasteiger partial charge in [0.2, 0.25) is 5.13 Å². The third-order valence-electron chi connectivity index (χ3n) is 3.68. The van der Waals surface area contributed by atoms with Crippen LogP contribution in [0.2, 0.25) is 0 Å². The van der Waals surface area contributed by atoms with Gasteiger partial charge in [-0.15, -0.1) is 10.2 Å². The van der Waals surface area contributed by atoms with Gasteiger partial charge in [-0.1, -0.05) is 18.3 Å². The van der Waals surface area contributed by atoms with Gasteiger partial charge in [-0.25, -0.2) is 0 Å². The molecular weight excluding hydrogens is 284 g/mol. The van der Waals surface area contributed by atoms with Crippen LogP contribution in [-0.4, -0.2) is 84.8 Å². The average molecular weight is 312 g/mol. The highest BCUT2D eigenvalue weighted by Gasteiger charge is 2.18. The van der Waals surface area contributed by atoms with E-state index in [9.17, 15) is 0 Å². The minimum absolute atomic E-state index is 0.937. The lowest BCUT2D eigenvalue weighted by atomic mass is 10.3. The molecule has 2 rings (SSSR count). The number of aromatic nitrogens is 2. The second-order valence-electron chi connectivity index (χ2n) is 5.85. The quantitative estimate of drug-likeness (QED) is 0.774. The molecule has 0 radical (unpaired) electrons. The predicted octanol–water partition coefficient (Wildman–Crippen LogP) is 1.04. The molecule has 7 heteroatoms. The van der Waals surface area contributed by atoms with Crippen molar-refractivity contribution < 1.29 is 0 Å². The van der Waals surface area contributed by atoms with Gasteiger partial charge in [-0.2, -0.15) is 0 Å². The van der Waals surface area contributed by atoms with E-state index >= 15 is 0 Å². The molecular formula is C14H28N6S. The maximum Gasteiger partial charge on any atom is 0.205 e. The van der Waals surface area contributed by atoms with Gasteiger partial charge in [0.1, 0.15) is 5.01 Å². The highest BCUT2D eigenvalue weighted by atomic mass is 32.1. The van der Waals surface area contributed by atoms with Crippen LogP contribution in [0.1, 0.15) is 18.4 Å². The molecule has 0 aliphatic carbocycles. The maximum absolute atomic E-state index is 4.29. The first-order valence-corrected chi connectivity index (χ1v) is 8.64. The molecule has 0 spiro atoms. The molecule has 1 fully saturated rings. The van der Waals surface area contributed by atoms with Crippen LogP contribution in [0.5, 0.6) is 0 Å². The molecule has 0 unspecified atom stereocenters. The van der Waals surface area contributed by atoms with Gasteiger partial charge < -0.3 is 10.2 Å². The summed E-state index contributed by atoms with van der Waals surface area (Å²) in [6, 6.07) is 0. The molecule has 0 bridgehead atoms. The smallest absolute Gasteiger partial charge is 0.205 e. The Balaban J connectivity index is 1.69. The lowest BCUT2D eigenvalue weighted by molar-refractivity contribution is 0.120. The number of nitrogens with zero attached hydrogens (tertiary/aromatic N) is 5. The van der Waals surface area contributed by atoms with Crippen LogP contribution >= 0.6 is 11.3 Å². The first-order valence-electron chi connectivity index (χ1n) is 7.83. The second-order valence-corrected chi connectivity index (χ2v) is 6.91. The van der Waals surface area contributed by atoms with E-state index in [1.54, 1.807) is 11.3 Å². The number of likely N-dealkylation sites (N-methyl/N-ethyl adjacent to an activating group) is 1. The van der Waals surface area contributed by atoms with Crippen molar-refractivity contribution in [1.82, 2.24) is 24.9 Å². The van der Waals surface area contributed by atoms with E-state index in [0.29, 0.717) is 0 Å². The fourth-order valence-corrected chi connectivity index (χ4v) is 3.13. The van der Waals surface area contributed by atoms with Crippen molar-refractivity contribution in [3.63, 3.8) is 0 Å². The minimum Gasteiger partial charge on any atom is -0.360 e. The summed E-state index contributed by atoms with van der Waals surface area (Å²) >= 11 is 1.69. The van der Waals surface area contributed by atoms with Gasteiger partial charge in [-0.05, 0) is 20.5 Å². The largest absolute Gasteiger partial charge is 0.360 e. The monoisotopic (exact) mass is 312 g/mol. The first kappa shape index (κ1) is 16.6. The number of nitrogens with one attached hydrogen (secondary N) is 1. The van der Waals surface area contributed by atoms with Gasteiger partial charge in [0.15, 0.2) is 0 Å². The molecule has 1 aliphatic heterocycles. The molecule has 1 saturated heterocycles. The standard InChI is InChI=1S/C14H28N6S/c1-4-5-15-14-17-16-13(21-14)12-20-10-8-19(9-11-20)7-6-18(2)3/h4-12H2,1-3H3,(H,15,17). The number of anilines is 1. The summed E-state index contributed by atoms with van der Waals surface area (Å²) in [6.07, 6.45) is 1.11. The predicted molar refractivity (Wildman–Crippen MR) is 89.0 cm³/mol. The van der Waals surface area contributed by atoms with Crippen molar-refractivity contribution in [3.05, 3.63) is 5.01 Å². The highest BCUT2D eigenvalue weighted by Crippen LogP contribution is 2.17. The Bertz CT molecular complexity index is 400. The van der Waals surface area contributed by atoms with E-state index < -0.39 is 0 Å². The fourth-order valence-electron chi connectivity index (χ4n) is 2.32. The van der Waals surface area contributed by atoms with E-state index in [0.717, 1.165) is 62.4 Å². The summed E-state index contributed by atoms with van der Waals surface area (Å²) in [6.45, 7) is 11.0. The van der Waals surface area contributed by atoms with E-state index in [1.165, 1.54) is 6.54 Å². The number of piperazine rings is 1.